The number of benzene rings is 1. The summed E-state index contributed by atoms with van der Waals surface area (Å²) in [7, 11) is -3.56. The first-order valence-corrected chi connectivity index (χ1v) is 8.10. The summed E-state index contributed by atoms with van der Waals surface area (Å²) in [6, 6.07) is 6.86. The molecule has 0 aliphatic heterocycles. The van der Waals surface area contributed by atoms with E-state index in [1.54, 1.807) is 24.3 Å². The zero-order valence-corrected chi connectivity index (χ0v) is 12.2. The third kappa shape index (κ3) is 3.66. The van der Waals surface area contributed by atoms with E-state index < -0.39 is 16.2 Å². The third-order valence-electron chi connectivity index (χ3n) is 2.89. The highest BCUT2D eigenvalue weighted by Crippen LogP contribution is 2.34. The molecule has 8 heteroatoms. The summed E-state index contributed by atoms with van der Waals surface area (Å²) in [6.07, 6.45) is -0.254. The van der Waals surface area contributed by atoms with Crippen molar-refractivity contribution in [2.75, 3.05) is 10.5 Å². The van der Waals surface area contributed by atoms with Crippen LogP contribution in [0.5, 0.6) is 5.88 Å². The highest BCUT2D eigenvalue weighted by molar-refractivity contribution is 7.92. The predicted octanol–water partition coefficient (Wildman–Crippen LogP) is 2.77. The fraction of sp³-hybridized carbons (Fsp3) is 0.308. The summed E-state index contributed by atoms with van der Waals surface area (Å²) >= 11 is 0. The van der Waals surface area contributed by atoms with Gasteiger partial charge < -0.3 is 14.8 Å². The van der Waals surface area contributed by atoms with Crippen LogP contribution in [0.2, 0.25) is 0 Å². The molecule has 0 amide bonds. The van der Waals surface area contributed by atoms with Crippen LogP contribution in [-0.4, -0.2) is 30.4 Å². The summed E-state index contributed by atoms with van der Waals surface area (Å²) in [5.41, 5.74) is 0.700. The average Bonchev–Trinajstić information content (AvgIpc) is 2.73. The molecule has 0 aliphatic rings. The van der Waals surface area contributed by atoms with Crippen LogP contribution in [0.1, 0.15) is 19.8 Å². The van der Waals surface area contributed by atoms with Crippen LogP contribution in [-0.2, 0) is 10.0 Å². The largest absolute Gasteiger partial charge is 0.512 e. The van der Waals surface area contributed by atoms with Crippen LogP contribution in [0.15, 0.2) is 24.3 Å². The summed E-state index contributed by atoms with van der Waals surface area (Å²) in [5, 5.41) is 9.29. The van der Waals surface area contributed by atoms with E-state index in [2.05, 4.69) is 14.4 Å². The van der Waals surface area contributed by atoms with Gasteiger partial charge in [-0.15, -0.1) is 0 Å². The molecule has 1 aromatic heterocycles. The van der Waals surface area contributed by atoms with Gasteiger partial charge in [-0.1, -0.05) is 31.5 Å². The van der Waals surface area contributed by atoms with Crippen LogP contribution >= 0.6 is 0 Å². The monoisotopic (exact) mass is 312 g/mol. The number of hydrogen-bond acceptors (Lipinski definition) is 4. The molecule has 0 fully saturated rings. The molecule has 0 radical (unpaired) electrons. The molecule has 3 N–H and O–H groups in total. The lowest BCUT2D eigenvalue weighted by Gasteiger charge is -2.08. The number of aromatic amines is 1. The second-order valence-electron chi connectivity index (χ2n) is 4.52. The number of hydrogen-bond donors (Lipinski definition) is 3. The van der Waals surface area contributed by atoms with Crippen LogP contribution < -0.4 is 9.46 Å². The smallest absolute Gasteiger partial charge is 0.449 e. The standard InChI is InChI=1S/C13H16N2O5S/c1-2-3-8-21(18,19)15-11-9-6-4-5-7-10(9)14-12(11)20-13(16)17/h4-7,14-15H,2-3,8H2,1H3,(H,16,17). The van der Waals surface area contributed by atoms with Gasteiger partial charge in [-0.05, 0) is 12.5 Å². The molecular weight excluding hydrogens is 296 g/mol. The topological polar surface area (TPSA) is 108 Å². The Morgan fingerprint density at radius 1 is 1.38 bits per heavy atom. The fourth-order valence-electron chi connectivity index (χ4n) is 1.92. The Morgan fingerprint density at radius 3 is 2.76 bits per heavy atom. The van der Waals surface area contributed by atoms with E-state index in [0.29, 0.717) is 17.3 Å². The molecule has 0 saturated heterocycles. The Balaban J connectivity index is 2.42. The highest BCUT2D eigenvalue weighted by Gasteiger charge is 2.20. The van der Waals surface area contributed by atoms with Crippen LogP contribution in [0, 0.1) is 0 Å². The summed E-state index contributed by atoms with van der Waals surface area (Å²) in [6.45, 7) is 1.89. The number of unbranched alkanes of at least 4 members (excludes halogenated alkanes) is 1. The predicted molar refractivity (Wildman–Crippen MR) is 79.3 cm³/mol. The number of fused-ring (bicyclic) bond motifs is 1. The minimum Gasteiger partial charge on any atom is -0.449 e. The number of ether oxygens (including phenoxy) is 1. The van der Waals surface area contributed by atoms with Gasteiger partial charge in [0.2, 0.25) is 15.9 Å². The van der Waals surface area contributed by atoms with Gasteiger partial charge in [-0.2, -0.15) is 0 Å². The highest BCUT2D eigenvalue weighted by atomic mass is 32.2. The second kappa shape index (κ2) is 6.04. The maximum absolute atomic E-state index is 12.0. The number of carbonyl (C=O) groups is 1. The number of sulfonamides is 1. The summed E-state index contributed by atoms with van der Waals surface area (Å²) in [4.78, 5) is 13.5. The zero-order valence-electron chi connectivity index (χ0n) is 11.4. The van der Waals surface area contributed by atoms with Crippen molar-refractivity contribution >= 4 is 32.8 Å². The third-order valence-corrected chi connectivity index (χ3v) is 4.23. The van der Waals surface area contributed by atoms with E-state index in [-0.39, 0.29) is 17.3 Å². The molecule has 2 aromatic rings. The van der Waals surface area contributed by atoms with Crippen molar-refractivity contribution < 1.29 is 23.1 Å². The number of nitrogens with one attached hydrogen (secondary N) is 2. The Labute approximate surface area is 122 Å². The molecule has 1 aromatic carbocycles. The van der Waals surface area contributed by atoms with Gasteiger partial charge in [0.25, 0.3) is 0 Å². The maximum atomic E-state index is 12.0. The van der Waals surface area contributed by atoms with Crippen molar-refractivity contribution in [2.24, 2.45) is 0 Å². The first-order chi connectivity index (χ1) is 9.93. The van der Waals surface area contributed by atoms with Crippen molar-refractivity contribution in [1.29, 1.82) is 0 Å². The van der Waals surface area contributed by atoms with Crippen molar-refractivity contribution in [3.63, 3.8) is 0 Å². The van der Waals surface area contributed by atoms with Crippen molar-refractivity contribution in [3.8, 4) is 5.88 Å². The van der Waals surface area contributed by atoms with E-state index in [1.807, 2.05) is 6.92 Å². The molecule has 0 atom stereocenters. The summed E-state index contributed by atoms with van der Waals surface area (Å²) < 4.78 is 31.0. The quantitative estimate of drug-likeness (QED) is 0.711. The molecule has 0 aliphatic carbocycles. The van der Waals surface area contributed by atoms with E-state index in [4.69, 9.17) is 5.11 Å². The molecule has 7 nitrogen and oxygen atoms in total. The lowest BCUT2D eigenvalue weighted by Crippen LogP contribution is -2.17. The molecule has 0 spiro atoms. The van der Waals surface area contributed by atoms with E-state index in [1.165, 1.54) is 0 Å². The van der Waals surface area contributed by atoms with Gasteiger partial charge in [-0.3, -0.25) is 4.72 Å². The molecule has 21 heavy (non-hydrogen) atoms. The molecule has 114 valence electrons. The molecule has 0 unspecified atom stereocenters. The van der Waals surface area contributed by atoms with Gasteiger partial charge in [0.1, 0.15) is 5.69 Å². The van der Waals surface area contributed by atoms with Crippen LogP contribution in [0.25, 0.3) is 10.9 Å². The minimum atomic E-state index is -3.56. The second-order valence-corrected chi connectivity index (χ2v) is 6.36. The first kappa shape index (κ1) is 15.2. The number of para-hydroxylation sites is 1. The Morgan fingerprint density at radius 2 is 2.10 bits per heavy atom. The van der Waals surface area contributed by atoms with E-state index >= 15 is 0 Å². The Kier molecular flexibility index (Phi) is 4.37. The molecule has 0 saturated carbocycles. The van der Waals surface area contributed by atoms with Gasteiger partial charge in [-0.25, -0.2) is 13.2 Å². The lowest BCUT2D eigenvalue weighted by atomic mass is 10.2. The maximum Gasteiger partial charge on any atom is 0.512 e. The van der Waals surface area contributed by atoms with Crippen molar-refractivity contribution in [2.45, 2.75) is 19.8 Å². The van der Waals surface area contributed by atoms with E-state index in [0.717, 1.165) is 6.42 Å². The lowest BCUT2D eigenvalue weighted by molar-refractivity contribution is 0.143. The zero-order chi connectivity index (χ0) is 15.5. The van der Waals surface area contributed by atoms with Gasteiger partial charge in [0, 0.05) is 5.39 Å². The number of rotatable bonds is 6. The van der Waals surface area contributed by atoms with Gasteiger partial charge in [0.15, 0.2) is 0 Å². The Bertz CT molecular complexity index is 751. The molecule has 1 heterocycles. The SMILES string of the molecule is CCCCS(=O)(=O)Nc1c(OC(=O)O)[nH]c2ccccc12. The fourth-order valence-corrected chi connectivity index (χ4v) is 3.21. The van der Waals surface area contributed by atoms with Crippen LogP contribution in [0.3, 0.4) is 0 Å². The normalized spacial score (nSPS) is 11.5. The molecular formula is C13H16N2O5S. The number of H-pyrrole nitrogens is 1. The van der Waals surface area contributed by atoms with Crippen LogP contribution in [0.4, 0.5) is 10.5 Å². The van der Waals surface area contributed by atoms with Gasteiger partial charge in [0.05, 0.1) is 11.3 Å². The molecule has 2 rings (SSSR count). The molecule has 0 bridgehead atoms. The van der Waals surface area contributed by atoms with E-state index in [9.17, 15) is 13.2 Å². The number of aromatic nitrogens is 1. The number of anilines is 1. The van der Waals surface area contributed by atoms with Gasteiger partial charge >= 0.3 is 6.16 Å². The minimum absolute atomic E-state index is 0.0322. The first-order valence-electron chi connectivity index (χ1n) is 6.45. The summed E-state index contributed by atoms with van der Waals surface area (Å²) in [5.74, 6) is -0.168. The Hall–Kier alpha value is -2.22. The average molecular weight is 312 g/mol. The number of carboxylic acid groups (broad SMARTS) is 1. The van der Waals surface area contributed by atoms with Crippen molar-refractivity contribution in [3.05, 3.63) is 24.3 Å². The van der Waals surface area contributed by atoms with Crippen molar-refractivity contribution in [1.82, 2.24) is 4.98 Å².